The van der Waals surface area contributed by atoms with Crippen LogP contribution in [0.3, 0.4) is 0 Å². The van der Waals surface area contributed by atoms with Crippen molar-refractivity contribution in [3.63, 3.8) is 0 Å². The van der Waals surface area contributed by atoms with Crippen LogP contribution < -0.4 is 10.0 Å². The molecule has 7 heteroatoms. The topological polar surface area (TPSA) is 98.7 Å². The van der Waals surface area contributed by atoms with Gasteiger partial charge < -0.3 is 15.5 Å². The molecule has 2 aromatic rings. The number of aliphatic hydroxyl groups is 1. The summed E-state index contributed by atoms with van der Waals surface area (Å²) in [5.41, 5.74) is 5.92. The van der Waals surface area contributed by atoms with Gasteiger partial charge in [-0.05, 0) is 54.0 Å². The van der Waals surface area contributed by atoms with Crippen molar-refractivity contribution in [2.75, 3.05) is 17.5 Å². The van der Waals surface area contributed by atoms with Crippen LogP contribution in [0.25, 0.3) is 0 Å². The molecule has 0 bridgehead atoms. The van der Waals surface area contributed by atoms with Crippen molar-refractivity contribution in [3.8, 4) is 5.75 Å². The molecule has 4 N–H and O–H groups in total. The average molecular weight is 419 g/mol. The molecular weight excluding hydrogens is 388 g/mol. The van der Waals surface area contributed by atoms with E-state index in [1.807, 2.05) is 0 Å². The van der Waals surface area contributed by atoms with Gasteiger partial charge in [-0.1, -0.05) is 38.1 Å². The zero-order valence-electron chi connectivity index (χ0n) is 17.2. The molecule has 6 nitrogen and oxygen atoms in total. The van der Waals surface area contributed by atoms with E-state index in [4.69, 9.17) is 0 Å². The third-order valence-corrected chi connectivity index (χ3v) is 6.13. The minimum atomic E-state index is -3.52. The molecule has 0 amide bonds. The lowest BCUT2D eigenvalue weighted by atomic mass is 9.97. The van der Waals surface area contributed by atoms with Crippen molar-refractivity contribution < 1.29 is 18.6 Å². The highest BCUT2D eigenvalue weighted by molar-refractivity contribution is 7.92. The molecule has 0 radical (unpaired) electrons. The van der Waals surface area contributed by atoms with Crippen molar-refractivity contribution >= 4 is 15.7 Å². The van der Waals surface area contributed by atoms with E-state index < -0.39 is 16.1 Å². The number of phenols is 1. The molecule has 0 saturated carbocycles. The van der Waals surface area contributed by atoms with Crippen LogP contribution >= 0.6 is 0 Å². The Morgan fingerprint density at radius 3 is 2.21 bits per heavy atom. The van der Waals surface area contributed by atoms with Gasteiger partial charge in [-0.2, -0.15) is 0 Å². The summed E-state index contributed by atoms with van der Waals surface area (Å²) in [7, 11) is -3.52. The molecule has 158 valence electrons. The van der Waals surface area contributed by atoms with Gasteiger partial charge in [-0.15, -0.1) is 0 Å². The van der Waals surface area contributed by atoms with Gasteiger partial charge in [0.2, 0.25) is 10.0 Å². The predicted octanol–water partition coefficient (Wildman–Crippen LogP) is 2.68. The maximum absolute atomic E-state index is 11.4. The summed E-state index contributed by atoms with van der Waals surface area (Å²) in [4.78, 5) is 0. The Labute approximate surface area is 173 Å². The lowest BCUT2D eigenvalue weighted by Gasteiger charge is -2.18. The molecule has 0 aromatic heterocycles. The third-order valence-electron chi connectivity index (χ3n) is 5.54. The van der Waals surface area contributed by atoms with Gasteiger partial charge in [0.1, 0.15) is 5.75 Å². The van der Waals surface area contributed by atoms with Crippen LogP contribution in [-0.4, -0.2) is 37.5 Å². The molecule has 0 heterocycles. The van der Waals surface area contributed by atoms with Crippen LogP contribution in [0.1, 0.15) is 47.8 Å². The lowest BCUT2D eigenvalue weighted by molar-refractivity contribution is 0.166. The van der Waals surface area contributed by atoms with Crippen molar-refractivity contribution in [3.05, 3.63) is 58.1 Å². The van der Waals surface area contributed by atoms with Gasteiger partial charge in [0.05, 0.1) is 18.0 Å². The maximum atomic E-state index is 11.4. The minimum absolute atomic E-state index is 0.0662. The fraction of sp³-hybridized carbons (Fsp3) is 0.455. The molecule has 0 spiro atoms. The van der Waals surface area contributed by atoms with E-state index in [0.717, 1.165) is 31.9 Å². The molecule has 0 saturated heterocycles. The second kappa shape index (κ2) is 8.73. The van der Waals surface area contributed by atoms with Crippen LogP contribution in [0, 0.1) is 0 Å². The van der Waals surface area contributed by atoms with E-state index in [2.05, 4.69) is 36.0 Å². The predicted molar refractivity (Wildman–Crippen MR) is 116 cm³/mol. The van der Waals surface area contributed by atoms with Crippen LogP contribution in [0.2, 0.25) is 0 Å². The molecule has 3 rings (SSSR count). The highest BCUT2D eigenvalue weighted by Crippen LogP contribution is 2.33. The van der Waals surface area contributed by atoms with Gasteiger partial charge in [0, 0.05) is 18.2 Å². The Hall–Kier alpha value is -2.09. The maximum Gasteiger partial charge on any atom is 0.229 e. The Bertz CT molecular complexity index is 956. The summed E-state index contributed by atoms with van der Waals surface area (Å²) in [6.07, 6.45) is 3.97. The molecule has 1 aliphatic rings. The third kappa shape index (κ3) is 5.10. The number of rotatable bonds is 8. The SMILES string of the molecule is CCc1cc2c(cc1CC)CC(NC[C@@H](O)c1cccc(NS(C)(=O)=O)c1O)C2. The van der Waals surface area contributed by atoms with Crippen LogP contribution in [-0.2, 0) is 35.7 Å². The molecule has 1 aliphatic carbocycles. The van der Waals surface area contributed by atoms with Gasteiger partial charge in [0.15, 0.2) is 0 Å². The van der Waals surface area contributed by atoms with Crippen molar-refractivity contribution in [1.29, 1.82) is 0 Å². The monoisotopic (exact) mass is 418 g/mol. The highest BCUT2D eigenvalue weighted by atomic mass is 32.2. The first-order valence-electron chi connectivity index (χ1n) is 10.1. The lowest BCUT2D eigenvalue weighted by Crippen LogP contribution is -2.33. The fourth-order valence-corrected chi connectivity index (χ4v) is 4.64. The number of hydrogen-bond donors (Lipinski definition) is 4. The van der Waals surface area contributed by atoms with Crippen LogP contribution in [0.5, 0.6) is 5.75 Å². The van der Waals surface area contributed by atoms with Gasteiger partial charge in [-0.25, -0.2) is 8.42 Å². The molecule has 1 atom stereocenters. The average Bonchev–Trinajstić information content (AvgIpc) is 3.07. The first-order valence-corrected chi connectivity index (χ1v) is 12.0. The summed E-state index contributed by atoms with van der Waals surface area (Å²) < 4.78 is 25.1. The second-order valence-corrected chi connectivity index (χ2v) is 9.49. The number of anilines is 1. The zero-order chi connectivity index (χ0) is 21.2. The van der Waals surface area contributed by atoms with Crippen molar-refractivity contribution in [1.82, 2.24) is 5.32 Å². The Morgan fingerprint density at radius 1 is 1.10 bits per heavy atom. The number of fused-ring (bicyclic) bond motifs is 1. The molecular formula is C22H30N2O4S. The normalized spacial score (nSPS) is 15.3. The molecule has 29 heavy (non-hydrogen) atoms. The smallest absolute Gasteiger partial charge is 0.229 e. The summed E-state index contributed by atoms with van der Waals surface area (Å²) in [6.45, 7) is 4.64. The Morgan fingerprint density at radius 2 is 1.69 bits per heavy atom. The molecule has 2 aromatic carbocycles. The second-order valence-electron chi connectivity index (χ2n) is 7.74. The first-order chi connectivity index (χ1) is 13.7. The van der Waals surface area contributed by atoms with Crippen LogP contribution in [0.4, 0.5) is 5.69 Å². The van der Waals surface area contributed by atoms with Gasteiger partial charge in [0.25, 0.3) is 0 Å². The minimum Gasteiger partial charge on any atom is -0.505 e. The van der Waals surface area contributed by atoms with E-state index in [0.29, 0.717) is 5.56 Å². The summed E-state index contributed by atoms with van der Waals surface area (Å²) in [5, 5.41) is 24.3. The number of aliphatic hydroxyl groups excluding tert-OH is 1. The van der Waals surface area contributed by atoms with E-state index in [1.54, 1.807) is 12.1 Å². The number of sulfonamides is 1. The Balaban J connectivity index is 1.66. The number of aryl methyl sites for hydroxylation is 2. The quantitative estimate of drug-likeness (QED) is 0.494. The summed E-state index contributed by atoms with van der Waals surface area (Å²) in [6, 6.07) is 9.53. The highest BCUT2D eigenvalue weighted by Gasteiger charge is 2.24. The van der Waals surface area contributed by atoms with Crippen molar-refractivity contribution in [2.24, 2.45) is 0 Å². The van der Waals surface area contributed by atoms with E-state index >= 15 is 0 Å². The molecule has 0 unspecified atom stereocenters. The summed E-state index contributed by atoms with van der Waals surface area (Å²) in [5.74, 6) is -0.248. The van der Waals surface area contributed by atoms with E-state index in [-0.39, 0.29) is 24.0 Å². The standard InChI is InChI=1S/C22H30N2O4S/c1-4-14-9-16-11-18(12-17(16)10-15(14)5-2)23-13-21(25)19-7-6-8-20(22(19)26)24-29(3,27)28/h6-10,18,21,23-26H,4-5,11-13H2,1-3H3/t21-/m1/s1. The summed E-state index contributed by atoms with van der Waals surface area (Å²) >= 11 is 0. The van der Waals surface area contributed by atoms with Crippen molar-refractivity contribution in [2.45, 2.75) is 51.7 Å². The first kappa shape index (κ1) is 21.6. The van der Waals surface area contributed by atoms with E-state index in [9.17, 15) is 18.6 Å². The van der Waals surface area contributed by atoms with Gasteiger partial charge >= 0.3 is 0 Å². The number of phenolic OH excluding ortho intramolecular Hbond substituents is 1. The number of nitrogens with one attached hydrogen (secondary N) is 2. The number of para-hydroxylation sites is 1. The fourth-order valence-electron chi connectivity index (χ4n) is 4.08. The molecule has 0 aliphatic heterocycles. The van der Waals surface area contributed by atoms with Gasteiger partial charge in [-0.3, -0.25) is 4.72 Å². The van der Waals surface area contributed by atoms with Crippen LogP contribution in [0.15, 0.2) is 30.3 Å². The number of aromatic hydroxyl groups is 1. The number of hydrogen-bond acceptors (Lipinski definition) is 5. The molecule has 0 fully saturated rings. The Kier molecular flexibility index (Phi) is 6.51. The van der Waals surface area contributed by atoms with E-state index in [1.165, 1.54) is 28.3 Å². The number of benzene rings is 2. The zero-order valence-corrected chi connectivity index (χ0v) is 18.0. The largest absolute Gasteiger partial charge is 0.505 e.